The lowest BCUT2D eigenvalue weighted by Crippen LogP contribution is -2.21. The van der Waals surface area contributed by atoms with Crippen molar-refractivity contribution in [1.82, 2.24) is 5.32 Å². The Morgan fingerprint density at radius 1 is 1.24 bits per heavy atom. The molecule has 0 saturated carbocycles. The molecule has 2 heteroatoms. The molecule has 0 bridgehead atoms. The lowest BCUT2D eigenvalue weighted by atomic mass is 10.0. The van der Waals surface area contributed by atoms with Crippen molar-refractivity contribution in [3.05, 3.63) is 46.8 Å². The first-order chi connectivity index (χ1) is 8.16. The Morgan fingerprint density at radius 3 is 2.71 bits per heavy atom. The van der Waals surface area contributed by atoms with Crippen LogP contribution in [0.5, 0.6) is 0 Å². The molecular weight excluding hydrogens is 226 g/mol. The lowest BCUT2D eigenvalue weighted by molar-refractivity contribution is 0.589. The Hall–Kier alpha value is -1.12. The minimum absolute atomic E-state index is 0.529. The summed E-state index contributed by atoms with van der Waals surface area (Å²) in [5.74, 6) is 0. The van der Waals surface area contributed by atoms with E-state index in [1.54, 1.807) is 11.3 Å². The van der Waals surface area contributed by atoms with Gasteiger partial charge in [0.05, 0.1) is 0 Å². The maximum absolute atomic E-state index is 3.46. The van der Waals surface area contributed by atoms with Gasteiger partial charge in [0.15, 0.2) is 0 Å². The third-order valence-electron chi connectivity index (χ3n) is 2.80. The third-order valence-corrected chi connectivity index (χ3v) is 3.71. The van der Waals surface area contributed by atoms with Crippen LogP contribution in [0.15, 0.2) is 35.7 Å². The number of hydrogen-bond acceptors (Lipinski definition) is 2. The van der Waals surface area contributed by atoms with Crippen LogP contribution in [0.2, 0.25) is 0 Å². The van der Waals surface area contributed by atoms with Gasteiger partial charge in [-0.15, -0.1) is 11.3 Å². The predicted octanol–water partition coefficient (Wildman–Crippen LogP) is 4.22. The average molecular weight is 245 g/mol. The molecule has 17 heavy (non-hydrogen) atoms. The van der Waals surface area contributed by atoms with Crippen LogP contribution in [0, 0.1) is 6.92 Å². The van der Waals surface area contributed by atoms with Gasteiger partial charge in [0.1, 0.15) is 0 Å². The molecule has 0 aliphatic rings. The van der Waals surface area contributed by atoms with E-state index < -0.39 is 0 Å². The highest BCUT2D eigenvalue weighted by atomic mass is 32.1. The molecule has 0 spiro atoms. The van der Waals surface area contributed by atoms with Crippen molar-refractivity contribution in [2.75, 3.05) is 0 Å². The molecule has 0 saturated heterocycles. The first-order valence-electron chi connectivity index (χ1n) is 6.03. The molecule has 2 rings (SSSR count). The third kappa shape index (κ3) is 3.18. The summed E-state index contributed by atoms with van der Waals surface area (Å²) >= 11 is 1.80. The summed E-state index contributed by atoms with van der Waals surface area (Å²) in [5, 5.41) is 5.59. The molecule has 1 heterocycles. The molecule has 0 aliphatic heterocycles. The molecule has 1 N–H and O–H groups in total. The predicted molar refractivity (Wildman–Crippen MR) is 76.5 cm³/mol. The molecule has 0 unspecified atom stereocenters. The van der Waals surface area contributed by atoms with Crippen molar-refractivity contribution in [2.45, 2.75) is 33.4 Å². The Labute approximate surface area is 108 Å². The number of aryl methyl sites for hydroxylation is 1. The zero-order chi connectivity index (χ0) is 12.3. The van der Waals surface area contributed by atoms with Gasteiger partial charge in [0, 0.05) is 17.5 Å². The van der Waals surface area contributed by atoms with Gasteiger partial charge in [-0.3, -0.25) is 0 Å². The van der Waals surface area contributed by atoms with Crippen molar-refractivity contribution in [1.29, 1.82) is 0 Å². The number of hydrogen-bond donors (Lipinski definition) is 1. The van der Waals surface area contributed by atoms with E-state index in [1.165, 1.54) is 21.6 Å². The second-order valence-electron chi connectivity index (χ2n) is 4.66. The molecule has 0 atom stereocenters. The first-order valence-corrected chi connectivity index (χ1v) is 6.91. The highest BCUT2D eigenvalue weighted by Crippen LogP contribution is 2.28. The largest absolute Gasteiger partial charge is 0.310 e. The fourth-order valence-electron chi connectivity index (χ4n) is 1.80. The van der Waals surface area contributed by atoms with E-state index >= 15 is 0 Å². The van der Waals surface area contributed by atoms with E-state index in [0.29, 0.717) is 6.04 Å². The summed E-state index contributed by atoms with van der Waals surface area (Å²) in [6, 6.07) is 11.6. The normalized spacial score (nSPS) is 11.1. The molecule has 1 aromatic carbocycles. The average Bonchev–Trinajstić information content (AvgIpc) is 2.81. The SMILES string of the molecule is Cc1ccc(CNC(C)C)cc1-c1cccs1. The molecule has 0 amide bonds. The zero-order valence-electron chi connectivity index (χ0n) is 10.7. The van der Waals surface area contributed by atoms with Crippen LogP contribution in [0.1, 0.15) is 25.0 Å². The van der Waals surface area contributed by atoms with Crippen molar-refractivity contribution >= 4 is 11.3 Å². The van der Waals surface area contributed by atoms with Gasteiger partial charge in [-0.25, -0.2) is 0 Å². The first kappa shape index (κ1) is 12.3. The Morgan fingerprint density at radius 2 is 2.06 bits per heavy atom. The summed E-state index contributed by atoms with van der Waals surface area (Å²) < 4.78 is 0. The smallest absolute Gasteiger partial charge is 0.0345 e. The van der Waals surface area contributed by atoms with E-state index in [4.69, 9.17) is 0 Å². The van der Waals surface area contributed by atoms with Crippen LogP contribution in [0.3, 0.4) is 0 Å². The van der Waals surface area contributed by atoms with Crippen molar-refractivity contribution in [3.63, 3.8) is 0 Å². The number of benzene rings is 1. The van der Waals surface area contributed by atoms with Gasteiger partial charge in [0.2, 0.25) is 0 Å². The van der Waals surface area contributed by atoms with E-state index in [2.05, 4.69) is 61.8 Å². The van der Waals surface area contributed by atoms with E-state index in [-0.39, 0.29) is 0 Å². The summed E-state index contributed by atoms with van der Waals surface area (Å²) in [5.41, 5.74) is 4.07. The molecule has 1 nitrogen and oxygen atoms in total. The molecule has 90 valence electrons. The highest BCUT2D eigenvalue weighted by Gasteiger charge is 2.04. The highest BCUT2D eigenvalue weighted by molar-refractivity contribution is 7.13. The molecule has 1 aromatic heterocycles. The van der Waals surface area contributed by atoms with Crippen molar-refractivity contribution < 1.29 is 0 Å². The maximum Gasteiger partial charge on any atom is 0.0345 e. The standard InChI is InChI=1S/C15H19NS/c1-11(2)16-10-13-7-6-12(3)14(9-13)15-5-4-8-17-15/h4-9,11,16H,10H2,1-3H3. The minimum Gasteiger partial charge on any atom is -0.310 e. The molecular formula is C15H19NS. The second kappa shape index (κ2) is 5.48. The van der Waals surface area contributed by atoms with Gasteiger partial charge >= 0.3 is 0 Å². The number of rotatable bonds is 4. The molecule has 0 aliphatic carbocycles. The fourth-order valence-corrected chi connectivity index (χ4v) is 2.61. The quantitative estimate of drug-likeness (QED) is 0.850. The number of thiophene rings is 1. The van der Waals surface area contributed by atoms with Gasteiger partial charge in [-0.05, 0) is 41.1 Å². The monoisotopic (exact) mass is 245 g/mol. The van der Waals surface area contributed by atoms with Gasteiger partial charge in [-0.2, -0.15) is 0 Å². The Bertz CT molecular complexity index is 472. The summed E-state index contributed by atoms with van der Waals surface area (Å²) in [4.78, 5) is 1.36. The zero-order valence-corrected chi connectivity index (χ0v) is 11.5. The minimum atomic E-state index is 0.529. The Kier molecular flexibility index (Phi) is 3.97. The number of nitrogens with one attached hydrogen (secondary N) is 1. The van der Waals surface area contributed by atoms with Crippen molar-refractivity contribution in [2.24, 2.45) is 0 Å². The van der Waals surface area contributed by atoms with Crippen LogP contribution in [-0.4, -0.2) is 6.04 Å². The van der Waals surface area contributed by atoms with Crippen molar-refractivity contribution in [3.8, 4) is 10.4 Å². The molecule has 0 radical (unpaired) electrons. The van der Waals surface area contributed by atoms with Gasteiger partial charge in [0.25, 0.3) is 0 Å². The van der Waals surface area contributed by atoms with Gasteiger partial charge in [-0.1, -0.05) is 32.0 Å². The summed E-state index contributed by atoms with van der Waals surface area (Å²) in [6.07, 6.45) is 0. The maximum atomic E-state index is 3.46. The van der Waals surface area contributed by atoms with E-state index in [0.717, 1.165) is 6.54 Å². The summed E-state index contributed by atoms with van der Waals surface area (Å²) in [6.45, 7) is 7.47. The van der Waals surface area contributed by atoms with E-state index in [9.17, 15) is 0 Å². The van der Waals surface area contributed by atoms with E-state index in [1.807, 2.05) is 0 Å². The van der Waals surface area contributed by atoms with Crippen LogP contribution < -0.4 is 5.32 Å². The van der Waals surface area contributed by atoms with Gasteiger partial charge < -0.3 is 5.32 Å². The Balaban J connectivity index is 2.24. The van der Waals surface area contributed by atoms with Crippen LogP contribution in [0.4, 0.5) is 0 Å². The molecule has 2 aromatic rings. The van der Waals surface area contributed by atoms with Crippen LogP contribution in [-0.2, 0) is 6.54 Å². The second-order valence-corrected chi connectivity index (χ2v) is 5.61. The van der Waals surface area contributed by atoms with Crippen LogP contribution in [0.25, 0.3) is 10.4 Å². The topological polar surface area (TPSA) is 12.0 Å². The summed E-state index contributed by atoms with van der Waals surface area (Å²) in [7, 11) is 0. The lowest BCUT2D eigenvalue weighted by Gasteiger charge is -2.10. The molecule has 0 fully saturated rings. The van der Waals surface area contributed by atoms with Crippen LogP contribution >= 0.6 is 11.3 Å². The fraction of sp³-hybridized carbons (Fsp3) is 0.333.